The first kappa shape index (κ1) is 16.9. The van der Waals surface area contributed by atoms with Crippen molar-refractivity contribution >= 4 is 23.8 Å². The van der Waals surface area contributed by atoms with Crippen molar-refractivity contribution in [1.82, 2.24) is 4.90 Å². The second kappa shape index (κ2) is 6.14. The fraction of sp³-hybridized carbons (Fsp3) is 0.227. The Hall–Kier alpha value is -3.25. The maximum absolute atomic E-state index is 13.4. The van der Waals surface area contributed by atoms with Crippen LogP contribution >= 0.6 is 0 Å². The van der Waals surface area contributed by atoms with Crippen molar-refractivity contribution in [2.75, 3.05) is 0 Å². The van der Waals surface area contributed by atoms with E-state index in [2.05, 4.69) is 0 Å². The zero-order valence-electron chi connectivity index (χ0n) is 15.1. The standard InChI is InChI=1S/C22H19N3O3/c23-20(26)19-17-16(18-15-9-5-4-8-14(15)10-11-24(18)19)21(27)25(22(17)28)12-13-6-2-1-3-7-13/h1-11,16-19H,12H2,(H2,23,26)/p+1/t16-,17+,18-,19-/m0/s1. The quantitative estimate of drug-likeness (QED) is 0.756. The first-order valence-corrected chi connectivity index (χ1v) is 9.40. The highest BCUT2D eigenvalue weighted by atomic mass is 16.2. The van der Waals surface area contributed by atoms with Crippen molar-refractivity contribution in [3.63, 3.8) is 0 Å². The first-order chi connectivity index (χ1) is 13.6. The molecule has 28 heavy (non-hydrogen) atoms. The third-order valence-corrected chi connectivity index (χ3v) is 6.20. The van der Waals surface area contributed by atoms with Crippen LogP contribution in [0, 0.1) is 11.8 Å². The molecule has 0 aromatic heterocycles. The minimum absolute atomic E-state index is 0.213. The maximum atomic E-state index is 13.4. The predicted octanol–water partition coefficient (Wildman–Crippen LogP) is 0.266. The number of primary amides is 1. The van der Waals surface area contributed by atoms with E-state index < -0.39 is 23.8 Å². The Morgan fingerprint density at radius 1 is 0.964 bits per heavy atom. The van der Waals surface area contributed by atoms with E-state index in [4.69, 9.17) is 5.73 Å². The van der Waals surface area contributed by atoms with Gasteiger partial charge in [-0.3, -0.25) is 24.2 Å². The lowest BCUT2D eigenvalue weighted by molar-refractivity contribution is -0.884. The average molecular weight is 374 g/mol. The van der Waals surface area contributed by atoms with Crippen LogP contribution in [-0.4, -0.2) is 28.7 Å². The van der Waals surface area contributed by atoms with Crippen LogP contribution < -0.4 is 10.6 Å². The van der Waals surface area contributed by atoms with Crippen molar-refractivity contribution in [2.24, 2.45) is 17.6 Å². The molecular weight excluding hydrogens is 354 g/mol. The van der Waals surface area contributed by atoms with Gasteiger partial charge in [-0.2, -0.15) is 0 Å². The predicted molar refractivity (Wildman–Crippen MR) is 101 cm³/mol. The van der Waals surface area contributed by atoms with Crippen LogP contribution in [0.5, 0.6) is 0 Å². The lowest BCUT2D eigenvalue weighted by atomic mass is 9.84. The molecule has 5 rings (SSSR count). The third kappa shape index (κ3) is 2.28. The molecule has 3 aliphatic rings. The number of quaternary nitrogens is 1. The molecule has 2 saturated heterocycles. The van der Waals surface area contributed by atoms with E-state index in [1.807, 2.05) is 66.9 Å². The van der Waals surface area contributed by atoms with Crippen LogP contribution in [0.3, 0.4) is 0 Å². The van der Waals surface area contributed by atoms with Crippen molar-refractivity contribution < 1.29 is 19.3 Å². The molecule has 5 atom stereocenters. The fourth-order valence-corrected chi connectivity index (χ4v) is 5.06. The largest absolute Gasteiger partial charge is 0.364 e. The van der Waals surface area contributed by atoms with Crippen LogP contribution in [-0.2, 0) is 20.9 Å². The van der Waals surface area contributed by atoms with Crippen LogP contribution in [0.4, 0.5) is 0 Å². The number of nitrogens with two attached hydrogens (primary N) is 1. The molecule has 2 aromatic rings. The number of nitrogens with zero attached hydrogens (tertiary/aromatic N) is 1. The van der Waals surface area contributed by atoms with E-state index in [0.717, 1.165) is 21.6 Å². The molecule has 0 aliphatic carbocycles. The number of likely N-dealkylation sites (tertiary alicyclic amines) is 1. The second-order valence-corrected chi connectivity index (χ2v) is 7.62. The minimum Gasteiger partial charge on any atom is -0.364 e. The van der Waals surface area contributed by atoms with E-state index in [1.165, 1.54) is 4.90 Å². The molecule has 0 radical (unpaired) electrons. The molecule has 0 saturated carbocycles. The summed E-state index contributed by atoms with van der Waals surface area (Å²) in [5.41, 5.74) is 8.60. The molecule has 3 heterocycles. The summed E-state index contributed by atoms with van der Waals surface area (Å²) in [6.07, 6.45) is 3.82. The Kier molecular flexibility index (Phi) is 3.70. The molecule has 3 amide bonds. The normalized spacial score (nSPS) is 30.1. The molecule has 6 nitrogen and oxygen atoms in total. The third-order valence-electron chi connectivity index (χ3n) is 6.20. The monoisotopic (exact) mass is 374 g/mol. The van der Waals surface area contributed by atoms with Gasteiger partial charge in [0, 0.05) is 5.56 Å². The van der Waals surface area contributed by atoms with Crippen molar-refractivity contribution in [1.29, 1.82) is 0 Å². The topological polar surface area (TPSA) is 84.9 Å². The molecule has 2 aromatic carbocycles. The van der Waals surface area contributed by atoms with Gasteiger partial charge in [-0.1, -0.05) is 54.6 Å². The molecule has 6 heteroatoms. The molecule has 0 spiro atoms. The summed E-state index contributed by atoms with van der Waals surface area (Å²) in [5, 5.41) is 0. The van der Waals surface area contributed by atoms with Gasteiger partial charge in [0.1, 0.15) is 17.9 Å². The van der Waals surface area contributed by atoms with Gasteiger partial charge < -0.3 is 5.73 Å². The van der Waals surface area contributed by atoms with Gasteiger partial charge in [0.2, 0.25) is 11.8 Å². The van der Waals surface area contributed by atoms with Crippen LogP contribution in [0.15, 0.2) is 60.8 Å². The number of hydrogen-bond donors (Lipinski definition) is 2. The zero-order chi connectivity index (χ0) is 19.4. The van der Waals surface area contributed by atoms with Crippen LogP contribution in [0.25, 0.3) is 6.08 Å². The van der Waals surface area contributed by atoms with Gasteiger partial charge in [0.25, 0.3) is 5.91 Å². The second-order valence-electron chi connectivity index (χ2n) is 7.62. The van der Waals surface area contributed by atoms with Crippen molar-refractivity contribution in [2.45, 2.75) is 18.6 Å². The molecule has 0 bridgehead atoms. The summed E-state index contributed by atoms with van der Waals surface area (Å²) in [5.74, 6) is -2.34. The van der Waals surface area contributed by atoms with Crippen LogP contribution in [0.1, 0.15) is 22.7 Å². The number of benzene rings is 2. The van der Waals surface area contributed by atoms with Gasteiger partial charge in [-0.25, -0.2) is 0 Å². The fourth-order valence-electron chi connectivity index (χ4n) is 5.06. The van der Waals surface area contributed by atoms with E-state index >= 15 is 0 Å². The Balaban J connectivity index is 1.58. The van der Waals surface area contributed by atoms with Crippen LogP contribution in [0.2, 0.25) is 0 Å². The number of hydrogen-bond acceptors (Lipinski definition) is 3. The summed E-state index contributed by atoms with van der Waals surface area (Å²) in [4.78, 5) is 41.0. The average Bonchev–Trinajstić information content (AvgIpc) is 3.18. The van der Waals surface area contributed by atoms with E-state index in [9.17, 15) is 14.4 Å². The Morgan fingerprint density at radius 3 is 2.39 bits per heavy atom. The number of carbonyl (C=O) groups is 3. The Morgan fingerprint density at radius 2 is 1.64 bits per heavy atom. The summed E-state index contributed by atoms with van der Waals surface area (Å²) in [7, 11) is 0. The Bertz CT molecular complexity index is 1020. The number of amides is 3. The van der Waals surface area contributed by atoms with E-state index in [-0.39, 0.29) is 24.4 Å². The summed E-state index contributed by atoms with van der Waals surface area (Å²) in [6.45, 7) is 0.219. The van der Waals surface area contributed by atoms with Gasteiger partial charge in [-0.15, -0.1) is 0 Å². The molecule has 140 valence electrons. The molecule has 3 aliphatic heterocycles. The maximum Gasteiger partial charge on any atom is 0.277 e. The van der Waals surface area contributed by atoms with E-state index in [0.29, 0.717) is 0 Å². The minimum atomic E-state index is -0.739. The Labute approximate surface area is 162 Å². The highest BCUT2D eigenvalue weighted by molar-refractivity contribution is 6.08. The molecule has 2 fully saturated rings. The van der Waals surface area contributed by atoms with Crippen molar-refractivity contribution in [3.8, 4) is 0 Å². The highest BCUT2D eigenvalue weighted by Gasteiger charge is 2.67. The van der Waals surface area contributed by atoms with Crippen molar-refractivity contribution in [3.05, 3.63) is 77.5 Å². The zero-order valence-corrected chi connectivity index (χ0v) is 15.1. The smallest absolute Gasteiger partial charge is 0.277 e. The van der Waals surface area contributed by atoms with E-state index in [1.54, 1.807) is 0 Å². The lowest BCUT2D eigenvalue weighted by Crippen LogP contribution is -3.12. The van der Waals surface area contributed by atoms with Gasteiger partial charge in [0.05, 0.1) is 12.7 Å². The lowest BCUT2D eigenvalue weighted by Gasteiger charge is -2.30. The number of rotatable bonds is 3. The molecular formula is C22H20N3O3+. The van der Waals surface area contributed by atoms with Gasteiger partial charge >= 0.3 is 0 Å². The number of imide groups is 1. The molecule has 1 unspecified atom stereocenters. The summed E-state index contributed by atoms with van der Waals surface area (Å²) in [6, 6.07) is 16.2. The molecule has 3 N–H and O–H groups in total. The van der Waals surface area contributed by atoms with Gasteiger partial charge in [0.15, 0.2) is 6.04 Å². The number of nitrogens with one attached hydrogen (secondary N) is 1. The highest BCUT2D eigenvalue weighted by Crippen LogP contribution is 2.43. The summed E-state index contributed by atoms with van der Waals surface area (Å²) >= 11 is 0. The van der Waals surface area contributed by atoms with Gasteiger partial charge in [-0.05, 0) is 17.2 Å². The number of carbonyl (C=O) groups excluding carboxylic acids is 3. The first-order valence-electron chi connectivity index (χ1n) is 9.40. The number of fused-ring (bicyclic) bond motifs is 5. The summed E-state index contributed by atoms with van der Waals surface area (Å²) < 4.78 is 0. The SMILES string of the molecule is NC(=O)[C@@H]1[C@@H]2C(=O)N(Cc3ccccc3)C(=O)[C@@H]2[C@@H]2c3ccccc3C=C[NH+]12.